The summed E-state index contributed by atoms with van der Waals surface area (Å²) in [5.74, 6) is -0.983. The molecule has 0 spiro atoms. The van der Waals surface area contributed by atoms with Crippen LogP contribution in [0, 0.1) is 11.3 Å². The maximum atomic E-state index is 11.9. The largest absolute Gasteiger partial charge is 0.480 e. The van der Waals surface area contributed by atoms with Crippen molar-refractivity contribution in [2.24, 2.45) is 0 Å². The van der Waals surface area contributed by atoms with Crippen molar-refractivity contribution in [3.63, 3.8) is 0 Å². The highest BCUT2D eigenvalue weighted by atomic mass is 32.1. The van der Waals surface area contributed by atoms with E-state index in [1.54, 1.807) is 11.4 Å². The van der Waals surface area contributed by atoms with Crippen LogP contribution in [-0.2, 0) is 9.59 Å². The molecule has 0 aromatic carbocycles. The summed E-state index contributed by atoms with van der Waals surface area (Å²) >= 11 is 1.33. The lowest BCUT2D eigenvalue weighted by Crippen LogP contribution is -2.49. The third kappa shape index (κ3) is 4.53. The summed E-state index contributed by atoms with van der Waals surface area (Å²) in [7, 11) is 0. The third-order valence-corrected chi connectivity index (χ3v) is 4.06. The van der Waals surface area contributed by atoms with Gasteiger partial charge in [-0.05, 0) is 11.4 Å². The van der Waals surface area contributed by atoms with Crippen LogP contribution in [0.1, 0.15) is 5.56 Å². The second-order valence-corrected chi connectivity index (χ2v) is 5.69. The molecule has 0 unspecified atom stereocenters. The number of carbonyl (C=O) groups is 2. The van der Waals surface area contributed by atoms with E-state index in [4.69, 9.17) is 10.4 Å². The number of thiophene rings is 1. The Morgan fingerprint density at radius 3 is 2.48 bits per heavy atom. The van der Waals surface area contributed by atoms with Gasteiger partial charge in [0.1, 0.15) is 11.1 Å². The second kappa shape index (κ2) is 7.17. The van der Waals surface area contributed by atoms with Crippen molar-refractivity contribution in [1.82, 2.24) is 9.80 Å². The number of nitrogens with zero attached hydrogens (tertiary/aromatic N) is 3. The van der Waals surface area contributed by atoms with Crippen molar-refractivity contribution in [3.8, 4) is 6.07 Å². The minimum Gasteiger partial charge on any atom is -0.480 e. The summed E-state index contributed by atoms with van der Waals surface area (Å²) < 4.78 is 0. The molecule has 2 N–H and O–H groups in total. The number of aliphatic carboxylic acids is 1. The molecule has 21 heavy (non-hydrogen) atoms. The lowest BCUT2D eigenvalue weighted by atomic mass is 10.3. The van der Waals surface area contributed by atoms with E-state index >= 15 is 0 Å². The molecule has 0 aliphatic carbocycles. The van der Waals surface area contributed by atoms with E-state index in [1.807, 2.05) is 15.9 Å². The molecule has 0 saturated carbocycles. The van der Waals surface area contributed by atoms with Crippen LogP contribution in [0.15, 0.2) is 11.4 Å². The summed E-state index contributed by atoms with van der Waals surface area (Å²) in [4.78, 5) is 26.4. The highest BCUT2D eigenvalue weighted by Gasteiger charge is 2.20. The molecule has 1 aromatic heterocycles. The van der Waals surface area contributed by atoms with Crippen molar-refractivity contribution in [1.29, 1.82) is 5.26 Å². The maximum absolute atomic E-state index is 11.9. The number of rotatable bonds is 5. The Morgan fingerprint density at radius 1 is 1.29 bits per heavy atom. The number of carboxylic acids is 1. The molecule has 8 heteroatoms. The molecule has 112 valence electrons. The fraction of sp³-hybridized carbons (Fsp3) is 0.462. The molecule has 0 bridgehead atoms. The van der Waals surface area contributed by atoms with Gasteiger partial charge >= 0.3 is 5.97 Å². The molecular weight excluding hydrogens is 292 g/mol. The molecule has 1 fully saturated rings. The monoisotopic (exact) mass is 308 g/mol. The smallest absolute Gasteiger partial charge is 0.317 e. The average Bonchev–Trinajstić information content (AvgIpc) is 2.87. The first kappa shape index (κ1) is 15.4. The number of hydrogen-bond acceptors (Lipinski definition) is 6. The summed E-state index contributed by atoms with van der Waals surface area (Å²) in [6, 6.07) is 3.70. The van der Waals surface area contributed by atoms with Gasteiger partial charge < -0.3 is 10.4 Å². The summed E-state index contributed by atoms with van der Waals surface area (Å²) in [5.41, 5.74) is 0.472. The van der Waals surface area contributed by atoms with Crippen molar-refractivity contribution in [2.45, 2.75) is 0 Å². The highest BCUT2D eigenvalue weighted by Crippen LogP contribution is 2.21. The molecule has 1 aliphatic heterocycles. The normalized spacial score (nSPS) is 16.3. The first-order valence-electron chi connectivity index (χ1n) is 6.52. The first-order chi connectivity index (χ1) is 10.1. The topological polar surface area (TPSA) is 96.7 Å². The van der Waals surface area contributed by atoms with Crippen LogP contribution >= 0.6 is 11.3 Å². The third-order valence-electron chi connectivity index (χ3n) is 3.23. The molecule has 0 atom stereocenters. The van der Waals surface area contributed by atoms with Crippen molar-refractivity contribution >= 4 is 28.2 Å². The van der Waals surface area contributed by atoms with Crippen molar-refractivity contribution in [3.05, 3.63) is 17.0 Å². The molecule has 2 heterocycles. The van der Waals surface area contributed by atoms with Gasteiger partial charge in [0, 0.05) is 26.2 Å². The van der Waals surface area contributed by atoms with Crippen LogP contribution in [-0.4, -0.2) is 66.1 Å². The van der Waals surface area contributed by atoms with E-state index in [0.29, 0.717) is 36.7 Å². The Bertz CT molecular complexity index is 558. The van der Waals surface area contributed by atoms with E-state index in [1.165, 1.54) is 11.3 Å². The van der Waals surface area contributed by atoms with E-state index in [-0.39, 0.29) is 19.0 Å². The van der Waals surface area contributed by atoms with Crippen LogP contribution in [0.5, 0.6) is 0 Å². The maximum Gasteiger partial charge on any atom is 0.317 e. The summed E-state index contributed by atoms with van der Waals surface area (Å²) in [5, 5.41) is 22.7. The minimum atomic E-state index is -0.831. The number of carboxylic acid groups (broad SMARTS) is 1. The van der Waals surface area contributed by atoms with E-state index in [0.717, 1.165) is 0 Å². The van der Waals surface area contributed by atoms with Gasteiger partial charge in [0.15, 0.2) is 0 Å². The second-order valence-electron chi connectivity index (χ2n) is 4.77. The number of hydrogen-bond donors (Lipinski definition) is 2. The van der Waals surface area contributed by atoms with Gasteiger partial charge in [-0.15, -0.1) is 11.3 Å². The number of nitriles is 1. The van der Waals surface area contributed by atoms with Crippen LogP contribution < -0.4 is 5.32 Å². The minimum absolute atomic E-state index is 0.0424. The van der Waals surface area contributed by atoms with Gasteiger partial charge in [0.25, 0.3) is 0 Å². The van der Waals surface area contributed by atoms with Crippen LogP contribution in [0.25, 0.3) is 0 Å². The molecule has 7 nitrogen and oxygen atoms in total. The fourth-order valence-corrected chi connectivity index (χ4v) is 2.91. The SMILES string of the molecule is N#Cc1ccsc1NC(=O)CN1CCN(CC(=O)O)CC1. The molecule has 0 radical (unpaired) electrons. The van der Waals surface area contributed by atoms with Crippen LogP contribution in [0.3, 0.4) is 0 Å². The van der Waals surface area contributed by atoms with Gasteiger partial charge in [-0.1, -0.05) is 0 Å². The van der Waals surface area contributed by atoms with E-state index in [9.17, 15) is 9.59 Å². The van der Waals surface area contributed by atoms with Crippen LogP contribution in [0.4, 0.5) is 5.00 Å². The summed E-state index contributed by atoms with van der Waals surface area (Å²) in [6.45, 7) is 2.90. The van der Waals surface area contributed by atoms with Crippen LogP contribution in [0.2, 0.25) is 0 Å². The Hall–Kier alpha value is -1.95. The standard InChI is InChI=1S/C13H16N4O3S/c14-7-10-1-6-21-13(10)15-11(18)8-16-2-4-17(5-3-16)9-12(19)20/h1,6H,2-5,8-9H2,(H,15,18)(H,19,20). The Kier molecular flexibility index (Phi) is 5.27. The zero-order valence-corrected chi connectivity index (χ0v) is 12.2. The lowest BCUT2D eigenvalue weighted by molar-refractivity contribution is -0.139. The number of carbonyl (C=O) groups excluding carboxylic acids is 1. The zero-order chi connectivity index (χ0) is 15.2. The number of amides is 1. The predicted octanol–water partition coefficient (Wildman–Crippen LogP) is 0.260. The van der Waals surface area contributed by atoms with E-state index < -0.39 is 5.97 Å². The lowest BCUT2D eigenvalue weighted by Gasteiger charge is -2.33. The van der Waals surface area contributed by atoms with Gasteiger partial charge in [-0.2, -0.15) is 5.26 Å². The summed E-state index contributed by atoms with van der Waals surface area (Å²) in [6.07, 6.45) is 0. The number of anilines is 1. The Balaban J connectivity index is 1.77. The molecular formula is C13H16N4O3S. The zero-order valence-electron chi connectivity index (χ0n) is 11.4. The Morgan fingerprint density at radius 2 is 1.90 bits per heavy atom. The first-order valence-corrected chi connectivity index (χ1v) is 7.40. The predicted molar refractivity (Wildman–Crippen MR) is 78.2 cm³/mol. The molecule has 1 aromatic rings. The Labute approximate surface area is 126 Å². The molecule has 2 rings (SSSR count). The van der Waals surface area contributed by atoms with Gasteiger partial charge in [-0.25, -0.2) is 0 Å². The molecule has 1 amide bonds. The number of piperazine rings is 1. The van der Waals surface area contributed by atoms with E-state index in [2.05, 4.69) is 5.32 Å². The van der Waals surface area contributed by atoms with Crippen molar-refractivity contribution < 1.29 is 14.7 Å². The quantitative estimate of drug-likeness (QED) is 0.810. The fourth-order valence-electron chi connectivity index (χ4n) is 2.16. The molecule has 1 saturated heterocycles. The number of nitrogens with one attached hydrogen (secondary N) is 1. The van der Waals surface area contributed by atoms with Gasteiger partial charge in [-0.3, -0.25) is 19.4 Å². The van der Waals surface area contributed by atoms with Crippen molar-refractivity contribution in [2.75, 3.05) is 44.6 Å². The highest BCUT2D eigenvalue weighted by molar-refractivity contribution is 7.14. The van der Waals surface area contributed by atoms with Gasteiger partial charge in [0.05, 0.1) is 18.7 Å². The molecule has 1 aliphatic rings. The van der Waals surface area contributed by atoms with Gasteiger partial charge in [0.2, 0.25) is 5.91 Å². The average molecular weight is 308 g/mol.